The second kappa shape index (κ2) is 7.83. The molecule has 0 saturated carbocycles. The van der Waals surface area contributed by atoms with E-state index in [0.29, 0.717) is 29.1 Å². The molecule has 0 aliphatic carbocycles. The monoisotopic (exact) mass is 348 g/mol. The van der Waals surface area contributed by atoms with E-state index in [1.165, 1.54) is 7.11 Å². The summed E-state index contributed by atoms with van der Waals surface area (Å²) in [5, 5.41) is 0. The molecule has 0 aromatic heterocycles. The third-order valence-corrected chi connectivity index (χ3v) is 4.45. The van der Waals surface area contributed by atoms with Crippen LogP contribution in [0.15, 0.2) is 83.3 Å². The van der Waals surface area contributed by atoms with Crippen LogP contribution in [0.25, 0.3) is 0 Å². The first kappa shape index (κ1) is 17.7. The smallest absolute Gasteiger partial charge is 0.338 e. The van der Waals surface area contributed by atoms with Gasteiger partial charge >= 0.3 is 5.97 Å². The van der Waals surface area contributed by atoms with Crippen LogP contribution in [0.1, 0.15) is 24.0 Å². The number of carbonyl (C=O) groups is 2. The van der Waals surface area contributed by atoms with Crippen molar-refractivity contribution in [2.75, 3.05) is 7.11 Å². The molecule has 0 radical (unpaired) electrons. The lowest BCUT2D eigenvalue weighted by atomic mass is 9.81. The zero-order chi connectivity index (χ0) is 18.5. The summed E-state index contributed by atoms with van der Waals surface area (Å²) < 4.78 is 10.9. The highest BCUT2D eigenvalue weighted by molar-refractivity contribution is 5.95. The SMILES string of the molecule is COC(=O)C1=C(C)OC(Cc2ccccc2)=C(C=O)C1c1ccccc1. The van der Waals surface area contributed by atoms with E-state index in [1.807, 2.05) is 60.7 Å². The van der Waals surface area contributed by atoms with Gasteiger partial charge in [0.1, 0.15) is 17.8 Å². The molecule has 0 amide bonds. The molecule has 2 aromatic carbocycles. The molecule has 4 nitrogen and oxygen atoms in total. The molecule has 0 bridgehead atoms. The van der Waals surface area contributed by atoms with Crippen molar-refractivity contribution >= 4 is 12.3 Å². The Morgan fingerprint density at radius 2 is 1.69 bits per heavy atom. The second-order valence-corrected chi connectivity index (χ2v) is 6.07. The fraction of sp³-hybridized carbons (Fsp3) is 0.182. The number of rotatable bonds is 5. The molecule has 4 heteroatoms. The number of methoxy groups -OCH3 is 1. The van der Waals surface area contributed by atoms with Gasteiger partial charge in [-0.05, 0) is 18.1 Å². The molecule has 1 atom stereocenters. The van der Waals surface area contributed by atoms with E-state index in [0.717, 1.165) is 17.4 Å². The molecule has 1 heterocycles. The number of hydrogen-bond donors (Lipinski definition) is 0. The Kier molecular flexibility index (Phi) is 5.32. The van der Waals surface area contributed by atoms with Crippen molar-refractivity contribution in [3.8, 4) is 0 Å². The quantitative estimate of drug-likeness (QED) is 0.607. The predicted molar refractivity (Wildman–Crippen MR) is 98.2 cm³/mol. The van der Waals surface area contributed by atoms with Gasteiger partial charge in [-0.25, -0.2) is 4.79 Å². The van der Waals surface area contributed by atoms with Gasteiger partial charge in [0.25, 0.3) is 0 Å². The summed E-state index contributed by atoms with van der Waals surface area (Å²) in [4.78, 5) is 24.4. The summed E-state index contributed by atoms with van der Waals surface area (Å²) in [6.07, 6.45) is 1.26. The van der Waals surface area contributed by atoms with E-state index < -0.39 is 11.9 Å². The van der Waals surface area contributed by atoms with E-state index in [-0.39, 0.29) is 0 Å². The van der Waals surface area contributed by atoms with Gasteiger partial charge in [0.2, 0.25) is 0 Å². The van der Waals surface area contributed by atoms with E-state index in [2.05, 4.69) is 0 Å². The van der Waals surface area contributed by atoms with Crippen LogP contribution in [-0.4, -0.2) is 19.4 Å². The number of carbonyl (C=O) groups excluding carboxylic acids is 2. The van der Waals surface area contributed by atoms with E-state index in [9.17, 15) is 9.59 Å². The zero-order valence-electron chi connectivity index (χ0n) is 14.8. The molecule has 1 aliphatic rings. The van der Waals surface area contributed by atoms with E-state index in [1.54, 1.807) is 6.92 Å². The van der Waals surface area contributed by atoms with Crippen molar-refractivity contribution < 1.29 is 19.1 Å². The third-order valence-electron chi connectivity index (χ3n) is 4.45. The topological polar surface area (TPSA) is 52.6 Å². The van der Waals surface area contributed by atoms with Crippen molar-refractivity contribution in [3.05, 3.63) is 94.5 Å². The van der Waals surface area contributed by atoms with Crippen LogP contribution in [0, 0.1) is 0 Å². The van der Waals surface area contributed by atoms with Gasteiger partial charge in [0.15, 0.2) is 0 Å². The fourth-order valence-corrected chi connectivity index (χ4v) is 3.23. The lowest BCUT2D eigenvalue weighted by Gasteiger charge is -2.29. The van der Waals surface area contributed by atoms with Crippen LogP contribution in [0.3, 0.4) is 0 Å². The maximum atomic E-state index is 12.4. The van der Waals surface area contributed by atoms with Crippen molar-refractivity contribution in [2.45, 2.75) is 19.3 Å². The van der Waals surface area contributed by atoms with Crippen molar-refractivity contribution in [1.29, 1.82) is 0 Å². The molecule has 26 heavy (non-hydrogen) atoms. The van der Waals surface area contributed by atoms with Gasteiger partial charge in [-0.3, -0.25) is 4.79 Å². The molecular formula is C22H20O4. The van der Waals surface area contributed by atoms with Gasteiger partial charge in [-0.15, -0.1) is 0 Å². The van der Waals surface area contributed by atoms with Crippen LogP contribution in [0.4, 0.5) is 0 Å². The molecule has 2 aromatic rings. The number of benzene rings is 2. The summed E-state index contributed by atoms with van der Waals surface area (Å²) >= 11 is 0. The Balaban J connectivity index is 2.12. The number of ether oxygens (including phenoxy) is 2. The summed E-state index contributed by atoms with van der Waals surface area (Å²) in [7, 11) is 1.33. The van der Waals surface area contributed by atoms with Crippen LogP contribution < -0.4 is 0 Å². The van der Waals surface area contributed by atoms with Gasteiger partial charge in [-0.1, -0.05) is 60.7 Å². The molecule has 3 rings (SSSR count). The predicted octanol–water partition coefficient (Wildman–Crippen LogP) is 3.94. The first-order valence-electron chi connectivity index (χ1n) is 8.39. The minimum absolute atomic E-state index is 0.359. The number of allylic oxidation sites excluding steroid dienone is 3. The molecule has 0 N–H and O–H groups in total. The molecule has 1 aliphatic heterocycles. The summed E-state index contributed by atoms with van der Waals surface area (Å²) in [5.74, 6) is 0.0236. The average Bonchev–Trinajstić information content (AvgIpc) is 2.68. The minimum atomic E-state index is -0.506. The third kappa shape index (κ3) is 3.45. The normalized spacial score (nSPS) is 16.9. The van der Waals surface area contributed by atoms with Gasteiger partial charge in [0.05, 0.1) is 18.6 Å². The van der Waals surface area contributed by atoms with Crippen molar-refractivity contribution in [1.82, 2.24) is 0 Å². The Morgan fingerprint density at radius 1 is 1.08 bits per heavy atom. The lowest BCUT2D eigenvalue weighted by Crippen LogP contribution is -2.24. The molecule has 0 fully saturated rings. The van der Waals surface area contributed by atoms with Crippen LogP contribution in [0.2, 0.25) is 0 Å². The average molecular weight is 348 g/mol. The maximum Gasteiger partial charge on any atom is 0.338 e. The highest BCUT2D eigenvalue weighted by Crippen LogP contribution is 2.40. The van der Waals surface area contributed by atoms with Crippen molar-refractivity contribution in [3.63, 3.8) is 0 Å². The maximum absolute atomic E-state index is 12.4. The van der Waals surface area contributed by atoms with Gasteiger partial charge in [-0.2, -0.15) is 0 Å². The lowest BCUT2D eigenvalue weighted by molar-refractivity contribution is -0.136. The fourth-order valence-electron chi connectivity index (χ4n) is 3.23. The summed E-state index contributed by atoms with van der Waals surface area (Å²) in [6.45, 7) is 1.73. The summed E-state index contributed by atoms with van der Waals surface area (Å²) in [6, 6.07) is 19.2. The first-order chi connectivity index (χ1) is 12.7. The second-order valence-electron chi connectivity index (χ2n) is 6.07. The number of aldehydes is 1. The summed E-state index contributed by atoms with van der Waals surface area (Å²) in [5.41, 5.74) is 2.69. The Bertz CT molecular complexity index is 864. The van der Waals surface area contributed by atoms with Gasteiger partial charge in [0, 0.05) is 12.0 Å². The Labute approximate surface area is 152 Å². The standard InChI is InChI=1S/C22H20O4/c1-15-20(22(24)25-2)21(17-11-7-4-8-12-17)18(14-23)19(26-15)13-16-9-5-3-6-10-16/h3-12,14,21H,13H2,1-2H3. The Morgan fingerprint density at radius 3 is 2.27 bits per heavy atom. The Hall–Kier alpha value is -3.14. The largest absolute Gasteiger partial charge is 0.466 e. The molecule has 0 spiro atoms. The van der Waals surface area contributed by atoms with Crippen LogP contribution in [0.5, 0.6) is 0 Å². The molecular weight excluding hydrogens is 328 g/mol. The highest BCUT2D eigenvalue weighted by Gasteiger charge is 2.36. The van der Waals surface area contributed by atoms with Crippen molar-refractivity contribution in [2.24, 2.45) is 0 Å². The molecule has 132 valence electrons. The first-order valence-corrected chi connectivity index (χ1v) is 8.39. The number of esters is 1. The zero-order valence-corrected chi connectivity index (χ0v) is 14.8. The van der Waals surface area contributed by atoms with Crippen LogP contribution in [-0.2, 0) is 25.5 Å². The highest BCUT2D eigenvalue weighted by atomic mass is 16.5. The van der Waals surface area contributed by atoms with E-state index in [4.69, 9.17) is 9.47 Å². The van der Waals surface area contributed by atoms with Gasteiger partial charge < -0.3 is 9.47 Å². The number of hydrogen-bond acceptors (Lipinski definition) is 4. The molecule has 1 unspecified atom stereocenters. The van der Waals surface area contributed by atoms with E-state index >= 15 is 0 Å². The molecule has 0 saturated heterocycles. The van der Waals surface area contributed by atoms with Crippen LogP contribution >= 0.6 is 0 Å². The minimum Gasteiger partial charge on any atom is -0.466 e.